The number of nitrogens with two attached hydrogens (primary N) is 1. The Morgan fingerprint density at radius 3 is 1.51 bits per heavy atom. The lowest BCUT2D eigenvalue weighted by molar-refractivity contribution is -0.0472. The number of hydrogen-bond donors (Lipinski definition) is 3. The van der Waals surface area contributed by atoms with Crippen LogP contribution < -0.4 is 11.1 Å². The van der Waals surface area contributed by atoms with Crippen LogP contribution in [0.2, 0.25) is 0 Å². The highest BCUT2D eigenvalue weighted by Gasteiger charge is 2.18. The SMILES string of the molecule is NCC1CCO1.O=C(NCC1CCO1)c1ccc(C#Cc2ccccc2F)cc1.O=C(O)c1ccc(C#Cc2ccccc2F)cc1. The lowest BCUT2D eigenvalue weighted by Crippen LogP contribution is -2.39. The molecule has 4 aromatic rings. The molecule has 4 N–H and O–H groups in total. The highest BCUT2D eigenvalue weighted by Crippen LogP contribution is 2.11. The van der Waals surface area contributed by atoms with E-state index in [9.17, 15) is 18.4 Å². The molecule has 6 rings (SSSR count). The molecule has 0 radical (unpaired) electrons. The van der Waals surface area contributed by atoms with Crippen LogP contribution >= 0.6 is 0 Å². The first-order valence-electron chi connectivity index (χ1n) is 15.0. The summed E-state index contributed by atoms with van der Waals surface area (Å²) in [5.74, 6) is 9.36. The fourth-order valence-corrected chi connectivity index (χ4v) is 4.03. The van der Waals surface area contributed by atoms with Crippen LogP contribution in [-0.4, -0.2) is 55.5 Å². The summed E-state index contributed by atoms with van der Waals surface area (Å²) in [6, 6.07) is 25.7. The summed E-state index contributed by atoms with van der Waals surface area (Å²) in [6.07, 6.45) is 2.69. The summed E-state index contributed by atoms with van der Waals surface area (Å²) >= 11 is 0. The molecule has 2 fully saturated rings. The van der Waals surface area contributed by atoms with E-state index in [1.54, 1.807) is 72.8 Å². The zero-order chi connectivity index (χ0) is 33.4. The molecular formula is C38H34F2N2O5. The summed E-state index contributed by atoms with van der Waals surface area (Å²) in [4.78, 5) is 22.6. The molecule has 0 spiro atoms. The van der Waals surface area contributed by atoms with Gasteiger partial charge in [0, 0.05) is 43.0 Å². The van der Waals surface area contributed by atoms with Crippen molar-refractivity contribution < 1.29 is 33.0 Å². The lowest BCUT2D eigenvalue weighted by atomic mass is 10.1. The predicted molar refractivity (Wildman–Crippen MR) is 175 cm³/mol. The van der Waals surface area contributed by atoms with E-state index in [0.717, 1.165) is 31.6 Å². The van der Waals surface area contributed by atoms with Crippen molar-refractivity contribution in [3.8, 4) is 23.7 Å². The number of amides is 1. The highest BCUT2D eigenvalue weighted by molar-refractivity contribution is 5.94. The zero-order valence-corrected chi connectivity index (χ0v) is 25.5. The van der Waals surface area contributed by atoms with Crippen molar-refractivity contribution in [3.63, 3.8) is 0 Å². The molecule has 1 amide bonds. The number of carbonyl (C=O) groups excluding carboxylic acids is 1. The lowest BCUT2D eigenvalue weighted by Gasteiger charge is -2.26. The van der Waals surface area contributed by atoms with Gasteiger partial charge in [-0.05, 0) is 85.6 Å². The standard InChI is InChI=1S/C19H16FNO2.C15H9FO2.C4H9NO/c20-18-4-2-1-3-15(18)8-5-14-6-9-16(10-7-14)19(22)21-13-17-11-12-23-17;16-14-4-2-1-3-12(14)8-5-11-6-9-13(10-7-11)15(17)18;5-3-4-1-2-6-4/h1-4,6-7,9-10,17H,11-13H2,(H,21,22);1-4,6-7,9-10H,(H,17,18);4H,1-3,5H2. The largest absolute Gasteiger partial charge is 0.478 e. The molecule has 2 heterocycles. The van der Waals surface area contributed by atoms with Gasteiger partial charge in [0.2, 0.25) is 0 Å². The Labute approximate surface area is 272 Å². The van der Waals surface area contributed by atoms with Crippen molar-refractivity contribution in [2.45, 2.75) is 25.0 Å². The Bertz CT molecular complexity index is 1760. The van der Waals surface area contributed by atoms with E-state index < -0.39 is 5.97 Å². The number of aromatic carboxylic acids is 1. The zero-order valence-electron chi connectivity index (χ0n) is 25.5. The topological polar surface area (TPSA) is 111 Å². The minimum absolute atomic E-state index is 0.130. The molecule has 4 aromatic carbocycles. The fourth-order valence-electron chi connectivity index (χ4n) is 4.03. The van der Waals surface area contributed by atoms with Crippen LogP contribution in [0.25, 0.3) is 0 Å². The first-order chi connectivity index (χ1) is 22.8. The molecule has 9 heteroatoms. The summed E-state index contributed by atoms with van der Waals surface area (Å²) < 4.78 is 37.0. The minimum Gasteiger partial charge on any atom is -0.478 e. The maximum atomic E-state index is 13.5. The fraction of sp³-hybridized carbons (Fsp3) is 0.211. The van der Waals surface area contributed by atoms with Gasteiger partial charge in [-0.25, -0.2) is 13.6 Å². The molecule has 0 aliphatic carbocycles. The average molecular weight is 637 g/mol. The van der Waals surface area contributed by atoms with E-state index in [1.165, 1.54) is 24.3 Å². The number of carboxylic acids is 1. The first kappa shape index (κ1) is 34.6. The number of carbonyl (C=O) groups is 2. The number of nitrogens with one attached hydrogen (secondary N) is 1. The molecular weight excluding hydrogens is 602 g/mol. The maximum absolute atomic E-state index is 13.5. The maximum Gasteiger partial charge on any atom is 0.335 e. The van der Waals surface area contributed by atoms with Crippen LogP contribution in [0.5, 0.6) is 0 Å². The second kappa shape index (κ2) is 18.0. The average Bonchev–Trinajstić information content (AvgIpc) is 3.04. The quantitative estimate of drug-likeness (QED) is 0.253. The Balaban J connectivity index is 0.000000184. The number of ether oxygens (including phenoxy) is 2. The summed E-state index contributed by atoms with van der Waals surface area (Å²) in [7, 11) is 0. The monoisotopic (exact) mass is 636 g/mol. The van der Waals surface area contributed by atoms with Crippen molar-refractivity contribution in [2.75, 3.05) is 26.3 Å². The van der Waals surface area contributed by atoms with Crippen LogP contribution in [0.15, 0.2) is 97.1 Å². The Hall–Kier alpha value is -5.32. The first-order valence-corrected chi connectivity index (χ1v) is 15.0. The molecule has 2 saturated heterocycles. The molecule has 2 unspecified atom stereocenters. The van der Waals surface area contributed by atoms with E-state index in [1.807, 2.05) is 0 Å². The Morgan fingerprint density at radius 1 is 0.702 bits per heavy atom. The molecule has 2 aliphatic rings. The number of halogens is 2. The van der Waals surface area contributed by atoms with E-state index in [0.29, 0.717) is 41.4 Å². The molecule has 47 heavy (non-hydrogen) atoms. The van der Waals surface area contributed by atoms with Crippen molar-refractivity contribution in [3.05, 3.63) is 142 Å². The molecule has 240 valence electrons. The van der Waals surface area contributed by atoms with Gasteiger partial charge in [0.15, 0.2) is 0 Å². The minimum atomic E-state index is -0.983. The van der Waals surface area contributed by atoms with Crippen LogP contribution in [-0.2, 0) is 9.47 Å². The van der Waals surface area contributed by atoms with Gasteiger partial charge in [-0.15, -0.1) is 0 Å². The molecule has 0 aromatic heterocycles. The van der Waals surface area contributed by atoms with Crippen molar-refractivity contribution in [1.82, 2.24) is 5.32 Å². The van der Waals surface area contributed by atoms with Crippen molar-refractivity contribution in [1.29, 1.82) is 0 Å². The van der Waals surface area contributed by atoms with Crippen molar-refractivity contribution in [2.24, 2.45) is 5.73 Å². The smallest absolute Gasteiger partial charge is 0.335 e. The van der Waals surface area contributed by atoms with Gasteiger partial charge in [-0.1, -0.05) is 47.9 Å². The van der Waals surface area contributed by atoms with E-state index in [-0.39, 0.29) is 29.2 Å². The summed E-state index contributed by atoms with van der Waals surface area (Å²) in [5.41, 5.74) is 8.03. The van der Waals surface area contributed by atoms with Crippen LogP contribution in [0.1, 0.15) is 55.8 Å². The molecule has 2 aliphatic heterocycles. The number of rotatable bonds is 5. The Morgan fingerprint density at radius 2 is 1.15 bits per heavy atom. The van der Waals surface area contributed by atoms with Gasteiger partial charge in [-0.3, -0.25) is 4.79 Å². The summed E-state index contributed by atoms with van der Waals surface area (Å²) in [5, 5.41) is 11.6. The predicted octanol–water partition coefficient (Wildman–Crippen LogP) is 5.40. The van der Waals surface area contributed by atoms with Gasteiger partial charge in [0.1, 0.15) is 11.6 Å². The Kier molecular flexibility index (Phi) is 13.2. The second-order valence-electron chi connectivity index (χ2n) is 10.4. The third kappa shape index (κ3) is 11.2. The van der Waals surface area contributed by atoms with Gasteiger partial charge in [0.05, 0.1) is 28.9 Å². The normalized spacial score (nSPS) is 15.6. The third-order valence-corrected chi connectivity index (χ3v) is 7.05. The third-order valence-electron chi connectivity index (χ3n) is 7.05. The van der Waals surface area contributed by atoms with Crippen LogP contribution in [0.3, 0.4) is 0 Å². The molecule has 2 atom stereocenters. The highest BCUT2D eigenvalue weighted by atomic mass is 19.1. The van der Waals surface area contributed by atoms with E-state index in [2.05, 4.69) is 29.0 Å². The number of benzene rings is 4. The number of carboxylic acid groups (broad SMARTS) is 1. The molecule has 7 nitrogen and oxygen atoms in total. The van der Waals surface area contributed by atoms with E-state index in [4.69, 9.17) is 20.3 Å². The van der Waals surface area contributed by atoms with Crippen LogP contribution in [0, 0.1) is 35.3 Å². The molecule has 0 saturated carbocycles. The van der Waals surface area contributed by atoms with Gasteiger partial charge in [0.25, 0.3) is 5.91 Å². The summed E-state index contributed by atoms with van der Waals surface area (Å²) in [6.45, 7) is 2.92. The van der Waals surface area contributed by atoms with Gasteiger partial charge < -0.3 is 25.6 Å². The van der Waals surface area contributed by atoms with Crippen molar-refractivity contribution >= 4 is 11.9 Å². The van der Waals surface area contributed by atoms with E-state index >= 15 is 0 Å². The van der Waals surface area contributed by atoms with Crippen LogP contribution in [0.4, 0.5) is 8.78 Å². The van der Waals surface area contributed by atoms with Gasteiger partial charge in [-0.2, -0.15) is 0 Å². The second-order valence-corrected chi connectivity index (χ2v) is 10.4. The molecule has 0 bridgehead atoms. The number of hydrogen-bond acceptors (Lipinski definition) is 5. The van der Waals surface area contributed by atoms with Gasteiger partial charge >= 0.3 is 5.97 Å².